The Labute approximate surface area is 204 Å². The van der Waals surface area contributed by atoms with Gasteiger partial charge in [0.1, 0.15) is 11.5 Å². The molecule has 8 nitrogen and oxygen atoms in total. The third-order valence-corrected chi connectivity index (χ3v) is 6.68. The van der Waals surface area contributed by atoms with Crippen LogP contribution in [0.3, 0.4) is 0 Å². The number of nitrogens with one attached hydrogen (secondary N) is 1. The van der Waals surface area contributed by atoms with E-state index in [4.69, 9.17) is 0 Å². The van der Waals surface area contributed by atoms with Crippen molar-refractivity contribution in [2.75, 3.05) is 49.5 Å². The van der Waals surface area contributed by atoms with Crippen LogP contribution in [0.15, 0.2) is 36.8 Å². The molecule has 3 aromatic rings. The maximum Gasteiger partial charge on any atom is 0.227 e. The van der Waals surface area contributed by atoms with E-state index in [9.17, 15) is 4.39 Å². The lowest BCUT2D eigenvalue weighted by molar-refractivity contribution is -0.0428. The fourth-order valence-corrected chi connectivity index (χ4v) is 4.72. The Hall–Kier alpha value is -3.11. The molecule has 10 heteroatoms. The van der Waals surface area contributed by atoms with Gasteiger partial charge in [-0.3, -0.25) is 4.68 Å². The van der Waals surface area contributed by atoms with Gasteiger partial charge in [0.25, 0.3) is 0 Å². The second-order valence-electron chi connectivity index (χ2n) is 9.44. The zero-order valence-corrected chi connectivity index (χ0v) is 20.3. The predicted molar refractivity (Wildman–Crippen MR) is 132 cm³/mol. The maximum absolute atomic E-state index is 15.1. The number of piperazine rings is 1. The van der Waals surface area contributed by atoms with Crippen LogP contribution in [0.4, 0.5) is 26.1 Å². The summed E-state index contributed by atoms with van der Waals surface area (Å²) in [6, 6.07) is 5.18. The second-order valence-corrected chi connectivity index (χ2v) is 9.44. The number of nitrogens with zero attached hydrogens (tertiary/aromatic N) is 7. The van der Waals surface area contributed by atoms with Crippen molar-refractivity contribution in [3.63, 3.8) is 0 Å². The largest absolute Gasteiger partial charge is 0.366 e. The van der Waals surface area contributed by atoms with Crippen LogP contribution in [0.25, 0.3) is 11.3 Å². The van der Waals surface area contributed by atoms with Crippen molar-refractivity contribution in [3.05, 3.63) is 48.4 Å². The zero-order chi connectivity index (χ0) is 24.4. The SMILES string of the molecule is CC(C)n1cc(-c2nc(Nc3ccc(N4CCN(N5CCCCC5)CC4)c(F)c3)ncc2F)cn1. The number of piperidine rings is 1. The Kier molecular flexibility index (Phi) is 6.92. The summed E-state index contributed by atoms with van der Waals surface area (Å²) in [6.07, 6.45) is 8.27. The van der Waals surface area contributed by atoms with Gasteiger partial charge in [-0.25, -0.2) is 28.8 Å². The number of rotatable bonds is 6. The Morgan fingerprint density at radius 2 is 1.63 bits per heavy atom. The Balaban J connectivity index is 1.25. The number of hydrazine groups is 1. The molecule has 0 aliphatic carbocycles. The van der Waals surface area contributed by atoms with Gasteiger partial charge in [-0.1, -0.05) is 6.42 Å². The van der Waals surface area contributed by atoms with Gasteiger partial charge >= 0.3 is 0 Å². The molecule has 186 valence electrons. The third-order valence-electron chi connectivity index (χ3n) is 6.68. The average Bonchev–Trinajstić information content (AvgIpc) is 3.37. The molecule has 2 fully saturated rings. The van der Waals surface area contributed by atoms with Gasteiger partial charge in [-0.2, -0.15) is 5.10 Å². The lowest BCUT2D eigenvalue weighted by Gasteiger charge is -2.43. The molecule has 0 saturated carbocycles. The molecule has 2 aromatic heterocycles. The Morgan fingerprint density at radius 1 is 0.886 bits per heavy atom. The molecule has 0 amide bonds. The molecule has 0 unspecified atom stereocenters. The first-order valence-electron chi connectivity index (χ1n) is 12.4. The molecule has 2 saturated heterocycles. The van der Waals surface area contributed by atoms with Crippen LogP contribution in [0.2, 0.25) is 0 Å². The van der Waals surface area contributed by atoms with E-state index in [1.165, 1.54) is 25.3 Å². The summed E-state index contributed by atoms with van der Waals surface area (Å²) < 4.78 is 31.2. The smallest absolute Gasteiger partial charge is 0.227 e. The predicted octanol–water partition coefficient (Wildman–Crippen LogP) is 4.47. The number of hydrogen-bond acceptors (Lipinski definition) is 7. The van der Waals surface area contributed by atoms with Crippen LogP contribution in [-0.4, -0.2) is 69.0 Å². The highest BCUT2D eigenvalue weighted by Gasteiger charge is 2.24. The van der Waals surface area contributed by atoms with Crippen molar-refractivity contribution in [2.24, 2.45) is 0 Å². The van der Waals surface area contributed by atoms with Gasteiger partial charge < -0.3 is 10.2 Å². The van der Waals surface area contributed by atoms with Crippen LogP contribution >= 0.6 is 0 Å². The summed E-state index contributed by atoms with van der Waals surface area (Å²) in [6.45, 7) is 9.62. The number of benzene rings is 1. The topological polar surface area (TPSA) is 65.4 Å². The van der Waals surface area contributed by atoms with E-state index < -0.39 is 5.82 Å². The maximum atomic E-state index is 15.1. The summed E-state index contributed by atoms with van der Waals surface area (Å²) in [5, 5.41) is 12.1. The van der Waals surface area contributed by atoms with E-state index in [2.05, 4.69) is 35.3 Å². The van der Waals surface area contributed by atoms with Crippen LogP contribution in [0.5, 0.6) is 0 Å². The van der Waals surface area contributed by atoms with Crippen molar-refractivity contribution in [3.8, 4) is 11.3 Å². The van der Waals surface area contributed by atoms with Crippen molar-refractivity contribution in [1.29, 1.82) is 0 Å². The standard InChI is InChI=1S/C25H32F2N8/c1-18(2)35-17-19(15-29-35)24-22(27)16-28-25(31-24)30-20-6-7-23(21(26)14-20)32-10-12-34(13-11-32)33-8-4-3-5-9-33/h6-7,14-18H,3-5,8-13H2,1-2H3,(H,28,30,31). The minimum atomic E-state index is -0.538. The number of hydrogen-bond donors (Lipinski definition) is 1. The van der Waals surface area contributed by atoms with Gasteiger partial charge in [-0.05, 0) is 44.9 Å². The van der Waals surface area contributed by atoms with Crippen LogP contribution in [0, 0.1) is 11.6 Å². The molecule has 0 radical (unpaired) electrons. The fourth-order valence-electron chi connectivity index (χ4n) is 4.72. The zero-order valence-electron chi connectivity index (χ0n) is 20.3. The van der Waals surface area contributed by atoms with Crippen molar-refractivity contribution < 1.29 is 8.78 Å². The molecule has 0 bridgehead atoms. The quantitative estimate of drug-likeness (QED) is 0.556. The normalized spacial score (nSPS) is 17.8. The molecule has 2 aliphatic heterocycles. The molecular weight excluding hydrogens is 450 g/mol. The van der Waals surface area contributed by atoms with E-state index in [0.29, 0.717) is 16.9 Å². The molecule has 1 aromatic carbocycles. The van der Waals surface area contributed by atoms with E-state index in [1.807, 2.05) is 13.8 Å². The van der Waals surface area contributed by atoms with Crippen LogP contribution < -0.4 is 10.2 Å². The number of anilines is 3. The van der Waals surface area contributed by atoms with Crippen molar-refractivity contribution in [1.82, 2.24) is 29.8 Å². The fraction of sp³-hybridized carbons (Fsp3) is 0.480. The highest BCUT2D eigenvalue weighted by Crippen LogP contribution is 2.27. The van der Waals surface area contributed by atoms with Crippen LogP contribution in [0.1, 0.15) is 39.2 Å². The molecule has 4 heterocycles. The van der Waals surface area contributed by atoms with E-state index in [-0.39, 0.29) is 23.5 Å². The minimum absolute atomic E-state index is 0.151. The Bertz CT molecular complexity index is 1150. The van der Waals surface area contributed by atoms with Gasteiger partial charge in [-0.15, -0.1) is 0 Å². The summed E-state index contributed by atoms with van der Waals surface area (Å²) in [5.74, 6) is -0.646. The van der Waals surface area contributed by atoms with Gasteiger partial charge in [0.05, 0.1) is 18.1 Å². The number of halogens is 2. The molecule has 5 rings (SSSR count). The van der Waals surface area contributed by atoms with Crippen LogP contribution in [-0.2, 0) is 0 Å². The van der Waals surface area contributed by atoms with Gasteiger partial charge in [0, 0.05) is 62.8 Å². The summed E-state index contributed by atoms with van der Waals surface area (Å²) in [7, 11) is 0. The second kappa shape index (κ2) is 10.2. The summed E-state index contributed by atoms with van der Waals surface area (Å²) in [4.78, 5) is 10.4. The van der Waals surface area contributed by atoms with Crippen molar-refractivity contribution >= 4 is 17.3 Å². The summed E-state index contributed by atoms with van der Waals surface area (Å²) in [5.41, 5.74) is 1.81. The van der Waals surface area contributed by atoms with Crippen molar-refractivity contribution in [2.45, 2.75) is 39.2 Å². The highest BCUT2D eigenvalue weighted by molar-refractivity contribution is 5.63. The first-order valence-corrected chi connectivity index (χ1v) is 12.4. The Morgan fingerprint density at radius 3 is 2.31 bits per heavy atom. The van der Waals surface area contributed by atoms with Gasteiger partial charge in [0.2, 0.25) is 5.95 Å². The molecule has 0 spiro atoms. The lowest BCUT2D eigenvalue weighted by atomic mass is 10.1. The van der Waals surface area contributed by atoms with E-state index in [0.717, 1.165) is 45.5 Å². The third kappa shape index (κ3) is 5.28. The average molecular weight is 483 g/mol. The minimum Gasteiger partial charge on any atom is -0.366 e. The van der Waals surface area contributed by atoms with Gasteiger partial charge in [0.15, 0.2) is 5.82 Å². The first-order chi connectivity index (χ1) is 17.0. The lowest BCUT2D eigenvalue weighted by Crippen LogP contribution is -2.55. The highest BCUT2D eigenvalue weighted by atomic mass is 19.1. The molecule has 2 aliphatic rings. The molecule has 0 atom stereocenters. The molecule has 1 N–H and O–H groups in total. The van der Waals surface area contributed by atoms with E-state index >= 15 is 4.39 Å². The molecule has 35 heavy (non-hydrogen) atoms. The monoisotopic (exact) mass is 482 g/mol. The van der Waals surface area contributed by atoms with E-state index in [1.54, 1.807) is 29.2 Å². The summed E-state index contributed by atoms with van der Waals surface area (Å²) >= 11 is 0. The number of aromatic nitrogens is 4. The molecular formula is C25H32F2N8. The first kappa shape index (κ1) is 23.6.